The number of benzene rings is 2. The maximum atomic E-state index is 10.9. The summed E-state index contributed by atoms with van der Waals surface area (Å²) in [7, 11) is 0. The monoisotopic (exact) mass is 290 g/mol. The number of nitrogen functional groups attached to an aromatic ring is 1. The molecule has 0 atom stereocenters. The Morgan fingerprint density at radius 1 is 1.20 bits per heavy atom. The van der Waals surface area contributed by atoms with Crippen molar-refractivity contribution in [3.05, 3.63) is 58.6 Å². The number of rotatable bonds is 5. The fourth-order valence-corrected chi connectivity index (χ4v) is 1.96. The van der Waals surface area contributed by atoms with Crippen molar-refractivity contribution in [1.82, 2.24) is 0 Å². The molecule has 0 saturated carbocycles. The zero-order chi connectivity index (χ0) is 14.5. The number of nitrogens with one attached hydrogen (secondary N) is 1. The molecule has 0 aliphatic carbocycles. The van der Waals surface area contributed by atoms with Gasteiger partial charge >= 0.3 is 5.97 Å². The lowest BCUT2D eigenvalue weighted by atomic mass is 10.1. The van der Waals surface area contributed by atoms with E-state index in [0.717, 1.165) is 12.0 Å². The molecular weight excluding hydrogens is 276 g/mol. The highest BCUT2D eigenvalue weighted by atomic mass is 35.5. The SMILES string of the molecule is Nc1ccc(C(=O)O)cc1NCCc1ccc(Cl)cc1. The van der Waals surface area contributed by atoms with Crippen molar-refractivity contribution in [1.29, 1.82) is 0 Å². The second-order valence-electron chi connectivity index (χ2n) is 4.41. The van der Waals surface area contributed by atoms with Gasteiger partial charge in [0.05, 0.1) is 16.9 Å². The zero-order valence-electron chi connectivity index (χ0n) is 10.8. The molecule has 0 aliphatic rings. The van der Waals surface area contributed by atoms with Gasteiger partial charge in [0.2, 0.25) is 0 Å². The predicted molar refractivity (Wildman–Crippen MR) is 81.5 cm³/mol. The van der Waals surface area contributed by atoms with Gasteiger partial charge in [0.1, 0.15) is 0 Å². The normalized spacial score (nSPS) is 10.2. The molecule has 0 heterocycles. The van der Waals surface area contributed by atoms with Gasteiger partial charge in [0.25, 0.3) is 0 Å². The maximum Gasteiger partial charge on any atom is 0.335 e. The van der Waals surface area contributed by atoms with E-state index in [2.05, 4.69) is 5.32 Å². The second-order valence-corrected chi connectivity index (χ2v) is 4.85. The van der Waals surface area contributed by atoms with E-state index in [4.69, 9.17) is 22.4 Å². The number of halogens is 1. The standard InChI is InChI=1S/C15H15ClN2O2/c16-12-4-1-10(2-5-12)7-8-18-14-9-11(15(19)20)3-6-13(14)17/h1-6,9,18H,7-8,17H2,(H,19,20). The Kier molecular flexibility index (Phi) is 4.48. The Bertz CT molecular complexity index is 612. The highest BCUT2D eigenvalue weighted by Crippen LogP contribution is 2.20. The van der Waals surface area contributed by atoms with Crippen molar-refractivity contribution in [3.63, 3.8) is 0 Å². The van der Waals surface area contributed by atoms with Crippen molar-refractivity contribution < 1.29 is 9.90 Å². The number of carbonyl (C=O) groups is 1. The molecule has 104 valence electrons. The van der Waals surface area contributed by atoms with Crippen LogP contribution in [0.5, 0.6) is 0 Å². The average molecular weight is 291 g/mol. The Morgan fingerprint density at radius 3 is 2.55 bits per heavy atom. The first-order valence-electron chi connectivity index (χ1n) is 6.17. The largest absolute Gasteiger partial charge is 0.478 e. The summed E-state index contributed by atoms with van der Waals surface area (Å²) in [6.07, 6.45) is 0.800. The fraction of sp³-hybridized carbons (Fsp3) is 0.133. The fourth-order valence-electron chi connectivity index (χ4n) is 1.83. The lowest BCUT2D eigenvalue weighted by Crippen LogP contribution is -2.08. The van der Waals surface area contributed by atoms with Crippen LogP contribution in [-0.4, -0.2) is 17.6 Å². The van der Waals surface area contributed by atoms with Gasteiger partial charge in [-0.2, -0.15) is 0 Å². The molecule has 4 N–H and O–H groups in total. The smallest absolute Gasteiger partial charge is 0.335 e. The van der Waals surface area contributed by atoms with Gasteiger partial charge in [-0.05, 0) is 42.3 Å². The van der Waals surface area contributed by atoms with Gasteiger partial charge in [-0.3, -0.25) is 0 Å². The van der Waals surface area contributed by atoms with Crippen LogP contribution in [-0.2, 0) is 6.42 Å². The first-order chi connectivity index (χ1) is 9.56. The van der Waals surface area contributed by atoms with E-state index < -0.39 is 5.97 Å². The van der Waals surface area contributed by atoms with Crippen LogP contribution in [0.1, 0.15) is 15.9 Å². The highest BCUT2D eigenvalue weighted by Gasteiger charge is 2.06. The van der Waals surface area contributed by atoms with Gasteiger partial charge in [-0.15, -0.1) is 0 Å². The van der Waals surface area contributed by atoms with E-state index >= 15 is 0 Å². The Labute approximate surface area is 122 Å². The third-order valence-electron chi connectivity index (χ3n) is 2.94. The van der Waals surface area contributed by atoms with Crippen LogP contribution in [0.15, 0.2) is 42.5 Å². The summed E-state index contributed by atoms with van der Waals surface area (Å²) in [6.45, 7) is 0.662. The van der Waals surface area contributed by atoms with E-state index in [9.17, 15) is 4.79 Å². The van der Waals surface area contributed by atoms with Crippen LogP contribution < -0.4 is 11.1 Å². The van der Waals surface area contributed by atoms with Crippen molar-refractivity contribution in [2.75, 3.05) is 17.6 Å². The van der Waals surface area contributed by atoms with Gasteiger partial charge in [-0.1, -0.05) is 23.7 Å². The number of aromatic carboxylic acids is 1. The van der Waals surface area contributed by atoms with Gasteiger partial charge in [-0.25, -0.2) is 4.79 Å². The molecule has 0 aliphatic heterocycles. The lowest BCUT2D eigenvalue weighted by Gasteiger charge is -2.10. The number of carboxylic acid groups (broad SMARTS) is 1. The van der Waals surface area contributed by atoms with E-state index in [-0.39, 0.29) is 5.56 Å². The molecule has 4 nitrogen and oxygen atoms in total. The molecule has 2 rings (SSSR count). The third-order valence-corrected chi connectivity index (χ3v) is 3.19. The maximum absolute atomic E-state index is 10.9. The number of hydrogen-bond donors (Lipinski definition) is 3. The van der Waals surface area contributed by atoms with Crippen molar-refractivity contribution in [2.24, 2.45) is 0 Å². The molecule has 0 aromatic heterocycles. The van der Waals surface area contributed by atoms with Crippen molar-refractivity contribution in [2.45, 2.75) is 6.42 Å². The van der Waals surface area contributed by atoms with Crippen LogP contribution in [0, 0.1) is 0 Å². The molecule has 0 amide bonds. The van der Waals surface area contributed by atoms with E-state index in [0.29, 0.717) is 22.9 Å². The van der Waals surface area contributed by atoms with E-state index in [1.54, 1.807) is 12.1 Å². The summed E-state index contributed by atoms with van der Waals surface area (Å²) in [5.41, 5.74) is 8.35. The van der Waals surface area contributed by atoms with Crippen LogP contribution in [0.4, 0.5) is 11.4 Å². The summed E-state index contributed by atoms with van der Waals surface area (Å²) in [5.74, 6) is -0.967. The minimum Gasteiger partial charge on any atom is -0.478 e. The average Bonchev–Trinajstić information content (AvgIpc) is 2.43. The molecule has 2 aromatic carbocycles. The van der Waals surface area contributed by atoms with Crippen molar-refractivity contribution in [3.8, 4) is 0 Å². The molecule has 0 radical (unpaired) electrons. The van der Waals surface area contributed by atoms with Gasteiger partial charge < -0.3 is 16.2 Å². The molecule has 5 heteroatoms. The molecule has 20 heavy (non-hydrogen) atoms. The summed E-state index contributed by atoms with van der Waals surface area (Å²) >= 11 is 5.82. The summed E-state index contributed by atoms with van der Waals surface area (Å²) in [5, 5.41) is 12.8. The molecule has 0 unspecified atom stereocenters. The Balaban J connectivity index is 1.98. The van der Waals surface area contributed by atoms with Gasteiger partial charge in [0.15, 0.2) is 0 Å². The second kappa shape index (κ2) is 6.30. The molecule has 2 aromatic rings. The van der Waals surface area contributed by atoms with Crippen LogP contribution in [0.2, 0.25) is 5.02 Å². The quantitative estimate of drug-likeness (QED) is 0.739. The Morgan fingerprint density at radius 2 is 1.90 bits per heavy atom. The molecular formula is C15H15ClN2O2. The van der Waals surface area contributed by atoms with Crippen LogP contribution >= 0.6 is 11.6 Å². The third kappa shape index (κ3) is 3.65. The lowest BCUT2D eigenvalue weighted by molar-refractivity contribution is 0.0697. The van der Waals surface area contributed by atoms with Crippen molar-refractivity contribution >= 4 is 28.9 Å². The molecule has 0 fully saturated rings. The van der Waals surface area contributed by atoms with Crippen LogP contribution in [0.25, 0.3) is 0 Å². The summed E-state index contributed by atoms with van der Waals surface area (Å²) in [4.78, 5) is 10.9. The number of carboxylic acids is 1. The molecule has 0 saturated heterocycles. The topological polar surface area (TPSA) is 75.4 Å². The minimum absolute atomic E-state index is 0.216. The minimum atomic E-state index is -0.967. The number of hydrogen-bond acceptors (Lipinski definition) is 3. The van der Waals surface area contributed by atoms with E-state index in [1.807, 2.05) is 24.3 Å². The predicted octanol–water partition coefficient (Wildman–Crippen LogP) is 3.28. The van der Waals surface area contributed by atoms with Crippen LogP contribution in [0.3, 0.4) is 0 Å². The first-order valence-corrected chi connectivity index (χ1v) is 6.55. The first kappa shape index (κ1) is 14.2. The Hall–Kier alpha value is -2.20. The number of nitrogens with two attached hydrogens (primary N) is 1. The zero-order valence-corrected chi connectivity index (χ0v) is 11.5. The molecule has 0 spiro atoms. The summed E-state index contributed by atoms with van der Waals surface area (Å²) in [6, 6.07) is 12.2. The summed E-state index contributed by atoms with van der Waals surface area (Å²) < 4.78 is 0. The molecule has 0 bridgehead atoms. The van der Waals surface area contributed by atoms with Gasteiger partial charge in [0, 0.05) is 11.6 Å². The highest BCUT2D eigenvalue weighted by molar-refractivity contribution is 6.30. The number of anilines is 2. The van der Waals surface area contributed by atoms with E-state index in [1.165, 1.54) is 6.07 Å².